The Kier molecular flexibility index (Phi) is 4.60. The zero-order valence-corrected chi connectivity index (χ0v) is 15.4. The van der Waals surface area contributed by atoms with E-state index in [1.807, 2.05) is 13.8 Å². The van der Waals surface area contributed by atoms with Gasteiger partial charge in [-0.1, -0.05) is 12.1 Å². The smallest absolute Gasteiger partial charge is 0.243 e. The van der Waals surface area contributed by atoms with Crippen LogP contribution in [0.15, 0.2) is 47.4 Å². The van der Waals surface area contributed by atoms with E-state index in [-0.39, 0.29) is 22.9 Å². The summed E-state index contributed by atoms with van der Waals surface area (Å²) in [6.07, 6.45) is 1.61. The van der Waals surface area contributed by atoms with Crippen molar-refractivity contribution in [3.63, 3.8) is 0 Å². The van der Waals surface area contributed by atoms with Gasteiger partial charge in [0.2, 0.25) is 10.0 Å². The highest BCUT2D eigenvalue weighted by molar-refractivity contribution is 7.89. The molecule has 1 aliphatic rings. The normalized spacial score (nSPS) is 16.4. The maximum Gasteiger partial charge on any atom is 0.243 e. The Morgan fingerprint density at radius 1 is 1.20 bits per heavy atom. The van der Waals surface area contributed by atoms with Crippen molar-refractivity contribution in [2.75, 3.05) is 7.05 Å². The zero-order valence-electron chi connectivity index (χ0n) is 14.6. The predicted molar refractivity (Wildman–Crippen MR) is 94.5 cm³/mol. The fraction of sp³-hybridized carbons (Fsp3) is 0.368. The molecule has 0 saturated heterocycles. The Bertz CT molecular complexity index is 893. The Morgan fingerprint density at radius 2 is 1.96 bits per heavy atom. The topological polar surface area (TPSA) is 46.6 Å². The number of rotatable bonds is 4. The first-order valence-corrected chi connectivity index (χ1v) is 9.64. The molecule has 134 valence electrons. The highest BCUT2D eigenvalue weighted by Gasteiger charge is 2.28. The van der Waals surface area contributed by atoms with Crippen LogP contribution in [0.4, 0.5) is 4.39 Å². The van der Waals surface area contributed by atoms with E-state index in [0.29, 0.717) is 5.56 Å². The van der Waals surface area contributed by atoms with Crippen molar-refractivity contribution in [2.24, 2.45) is 0 Å². The van der Waals surface area contributed by atoms with Crippen molar-refractivity contribution in [1.29, 1.82) is 0 Å². The summed E-state index contributed by atoms with van der Waals surface area (Å²) in [4.78, 5) is 0.230. The molecule has 6 heteroatoms. The monoisotopic (exact) mass is 363 g/mol. The molecular weight excluding hydrogens is 341 g/mol. The van der Waals surface area contributed by atoms with E-state index in [0.717, 1.165) is 24.2 Å². The summed E-state index contributed by atoms with van der Waals surface area (Å²) in [5, 5.41) is 0. The number of aryl methyl sites for hydroxylation is 1. The summed E-state index contributed by atoms with van der Waals surface area (Å²) in [5.74, 6) is 0.361. The highest BCUT2D eigenvalue weighted by atomic mass is 32.2. The number of benzene rings is 2. The SMILES string of the molecule is CN(Cc1cccc(F)c1)S(=O)(=O)c1ccc2c(c1)CCC(C)(C)O2. The molecule has 1 aliphatic heterocycles. The van der Waals surface area contributed by atoms with Crippen LogP contribution in [0.25, 0.3) is 0 Å². The van der Waals surface area contributed by atoms with Crippen molar-refractivity contribution in [3.8, 4) is 5.75 Å². The van der Waals surface area contributed by atoms with Gasteiger partial charge in [0.25, 0.3) is 0 Å². The van der Waals surface area contributed by atoms with Crippen molar-refractivity contribution in [2.45, 2.75) is 43.7 Å². The third-order valence-electron chi connectivity index (χ3n) is 4.42. The lowest BCUT2D eigenvalue weighted by molar-refractivity contribution is 0.0845. The summed E-state index contributed by atoms with van der Waals surface area (Å²) in [5.41, 5.74) is 1.27. The summed E-state index contributed by atoms with van der Waals surface area (Å²) < 4.78 is 46.1. The first-order valence-electron chi connectivity index (χ1n) is 8.20. The highest BCUT2D eigenvalue weighted by Crippen LogP contribution is 2.34. The molecule has 0 amide bonds. The predicted octanol–water partition coefficient (Wildman–Crippen LogP) is 3.75. The second-order valence-electron chi connectivity index (χ2n) is 7.02. The second-order valence-corrected chi connectivity index (χ2v) is 9.07. The first kappa shape index (κ1) is 17.9. The fourth-order valence-corrected chi connectivity index (χ4v) is 4.16. The lowest BCUT2D eigenvalue weighted by atomic mass is 9.94. The number of hydrogen-bond donors (Lipinski definition) is 0. The lowest BCUT2D eigenvalue weighted by Gasteiger charge is -2.32. The Morgan fingerprint density at radius 3 is 2.68 bits per heavy atom. The molecule has 0 N–H and O–H groups in total. The minimum absolute atomic E-state index is 0.112. The molecule has 1 heterocycles. The van der Waals surface area contributed by atoms with E-state index in [1.165, 1.54) is 23.5 Å². The molecule has 2 aromatic carbocycles. The Labute approximate surface area is 148 Å². The molecular formula is C19H22FNO3S. The molecule has 3 rings (SSSR count). The van der Waals surface area contributed by atoms with Gasteiger partial charge in [-0.3, -0.25) is 0 Å². The Balaban J connectivity index is 1.85. The quantitative estimate of drug-likeness (QED) is 0.831. The molecule has 2 aromatic rings. The van der Waals surface area contributed by atoms with Crippen molar-refractivity contribution in [3.05, 3.63) is 59.4 Å². The molecule has 0 radical (unpaired) electrons. The second kappa shape index (κ2) is 6.42. The minimum atomic E-state index is -3.66. The van der Waals surface area contributed by atoms with Gasteiger partial charge in [-0.25, -0.2) is 12.8 Å². The van der Waals surface area contributed by atoms with Gasteiger partial charge in [0.1, 0.15) is 17.2 Å². The third kappa shape index (κ3) is 3.85. The average Bonchev–Trinajstić information content (AvgIpc) is 2.53. The summed E-state index contributed by atoms with van der Waals surface area (Å²) in [7, 11) is -2.16. The van der Waals surface area contributed by atoms with E-state index < -0.39 is 10.0 Å². The van der Waals surface area contributed by atoms with Gasteiger partial charge in [0.05, 0.1) is 4.90 Å². The van der Waals surface area contributed by atoms with Gasteiger partial charge in [0, 0.05) is 13.6 Å². The van der Waals surface area contributed by atoms with Gasteiger partial charge in [-0.15, -0.1) is 0 Å². The average molecular weight is 363 g/mol. The number of sulfonamides is 1. The number of nitrogens with zero attached hydrogens (tertiary/aromatic N) is 1. The van der Waals surface area contributed by atoms with Crippen LogP contribution in [0, 0.1) is 5.82 Å². The fourth-order valence-electron chi connectivity index (χ4n) is 2.95. The number of halogens is 1. The van der Waals surface area contributed by atoms with Crippen LogP contribution in [0.2, 0.25) is 0 Å². The third-order valence-corrected chi connectivity index (χ3v) is 6.22. The number of hydrogen-bond acceptors (Lipinski definition) is 3. The van der Waals surface area contributed by atoms with Crippen LogP contribution in [0.5, 0.6) is 5.75 Å². The van der Waals surface area contributed by atoms with Crippen LogP contribution in [-0.4, -0.2) is 25.4 Å². The molecule has 0 unspecified atom stereocenters. The number of fused-ring (bicyclic) bond motifs is 1. The first-order chi connectivity index (χ1) is 11.7. The van der Waals surface area contributed by atoms with E-state index in [2.05, 4.69) is 0 Å². The van der Waals surface area contributed by atoms with Crippen LogP contribution in [0.1, 0.15) is 31.4 Å². The molecule has 0 spiro atoms. The van der Waals surface area contributed by atoms with Crippen LogP contribution >= 0.6 is 0 Å². The van der Waals surface area contributed by atoms with E-state index in [1.54, 1.807) is 30.3 Å². The number of ether oxygens (including phenoxy) is 1. The van der Waals surface area contributed by atoms with Crippen molar-refractivity contribution >= 4 is 10.0 Å². The van der Waals surface area contributed by atoms with E-state index >= 15 is 0 Å². The van der Waals surface area contributed by atoms with Crippen LogP contribution < -0.4 is 4.74 Å². The van der Waals surface area contributed by atoms with Crippen molar-refractivity contribution < 1.29 is 17.5 Å². The van der Waals surface area contributed by atoms with Crippen LogP contribution in [0.3, 0.4) is 0 Å². The summed E-state index contributed by atoms with van der Waals surface area (Å²) in [6, 6.07) is 10.9. The van der Waals surface area contributed by atoms with E-state index in [4.69, 9.17) is 4.74 Å². The zero-order chi connectivity index (χ0) is 18.2. The summed E-state index contributed by atoms with van der Waals surface area (Å²) in [6.45, 7) is 4.15. The molecule has 0 aliphatic carbocycles. The van der Waals surface area contributed by atoms with Crippen molar-refractivity contribution in [1.82, 2.24) is 4.31 Å². The molecule has 0 saturated carbocycles. The largest absolute Gasteiger partial charge is 0.488 e. The molecule has 4 nitrogen and oxygen atoms in total. The summed E-state index contributed by atoms with van der Waals surface area (Å²) >= 11 is 0. The maximum absolute atomic E-state index is 13.3. The minimum Gasteiger partial charge on any atom is -0.488 e. The van der Waals surface area contributed by atoms with Gasteiger partial charge in [-0.2, -0.15) is 4.31 Å². The standard InChI is InChI=1S/C19H22FNO3S/c1-19(2)10-9-15-12-17(7-8-18(15)24-19)25(22,23)21(3)13-14-5-4-6-16(20)11-14/h4-8,11-12H,9-10,13H2,1-3H3. The molecule has 0 bridgehead atoms. The maximum atomic E-state index is 13.3. The Hall–Kier alpha value is -1.92. The lowest BCUT2D eigenvalue weighted by Crippen LogP contribution is -2.33. The van der Waals surface area contributed by atoms with Gasteiger partial charge >= 0.3 is 0 Å². The van der Waals surface area contributed by atoms with E-state index in [9.17, 15) is 12.8 Å². The molecule has 0 atom stereocenters. The molecule has 25 heavy (non-hydrogen) atoms. The van der Waals surface area contributed by atoms with Gasteiger partial charge < -0.3 is 4.74 Å². The van der Waals surface area contributed by atoms with Gasteiger partial charge in [-0.05, 0) is 68.1 Å². The van der Waals surface area contributed by atoms with Gasteiger partial charge in [0.15, 0.2) is 0 Å². The molecule has 0 aromatic heterocycles. The van der Waals surface area contributed by atoms with Crippen LogP contribution in [-0.2, 0) is 23.0 Å². The molecule has 0 fully saturated rings.